The van der Waals surface area contributed by atoms with Crippen molar-refractivity contribution in [2.45, 2.75) is 24.6 Å². The third kappa shape index (κ3) is 5.23. The second-order valence-corrected chi connectivity index (χ2v) is 8.10. The Kier molecular flexibility index (Phi) is 7.17. The molecular weight excluding hydrogens is 436 g/mol. The Morgan fingerprint density at radius 1 is 1.03 bits per heavy atom. The molecule has 1 aliphatic rings. The molecule has 0 saturated carbocycles. The van der Waals surface area contributed by atoms with Crippen LogP contribution in [-0.4, -0.2) is 57.7 Å². The van der Waals surface area contributed by atoms with Crippen LogP contribution in [0.1, 0.15) is 22.6 Å². The van der Waals surface area contributed by atoms with E-state index in [-0.39, 0.29) is 18.9 Å². The number of hydrogen-bond donors (Lipinski definition) is 4. The van der Waals surface area contributed by atoms with Gasteiger partial charge in [0.15, 0.2) is 0 Å². The number of nitrogens with zero attached hydrogens (tertiary/aromatic N) is 2. The molecule has 0 spiro atoms. The number of carbonyl (C=O) groups excluding carboxylic acids is 1. The van der Waals surface area contributed by atoms with E-state index in [0.717, 1.165) is 32.8 Å². The van der Waals surface area contributed by atoms with E-state index >= 15 is 0 Å². The van der Waals surface area contributed by atoms with Crippen molar-refractivity contribution in [3.05, 3.63) is 89.7 Å². The van der Waals surface area contributed by atoms with Crippen LogP contribution in [0.3, 0.4) is 0 Å². The Labute approximate surface area is 196 Å². The molecule has 1 amide bonds. The van der Waals surface area contributed by atoms with Gasteiger partial charge in [-0.25, -0.2) is 4.79 Å². The number of fused-ring (bicyclic) bond motifs is 3. The summed E-state index contributed by atoms with van der Waals surface area (Å²) in [4.78, 5) is 27.8. The first-order valence-electron chi connectivity index (χ1n) is 10.9. The van der Waals surface area contributed by atoms with E-state index in [4.69, 9.17) is 10.5 Å². The topological polar surface area (TPSA) is 138 Å². The van der Waals surface area contributed by atoms with E-state index in [1.165, 1.54) is 0 Å². The molecule has 0 aliphatic heterocycles. The van der Waals surface area contributed by atoms with Crippen LogP contribution < -0.4 is 11.2 Å². The molecule has 1 heterocycles. The number of nitrogens with two attached hydrogens (primary N) is 1. The van der Waals surface area contributed by atoms with Gasteiger partial charge in [0.25, 0.3) is 0 Å². The molecule has 34 heavy (non-hydrogen) atoms. The van der Waals surface area contributed by atoms with Crippen LogP contribution in [0, 0.1) is 0 Å². The van der Waals surface area contributed by atoms with Crippen LogP contribution in [0.15, 0.2) is 73.1 Å². The minimum Gasteiger partial charge on any atom is -0.480 e. The highest BCUT2D eigenvalue weighted by atomic mass is 16.6. The van der Waals surface area contributed by atoms with Crippen molar-refractivity contribution in [2.24, 2.45) is 5.73 Å². The zero-order valence-electron chi connectivity index (χ0n) is 18.4. The van der Waals surface area contributed by atoms with Crippen molar-refractivity contribution in [1.82, 2.24) is 15.4 Å². The molecule has 1 aliphatic carbocycles. The summed E-state index contributed by atoms with van der Waals surface area (Å²) >= 11 is 0. The smallest absolute Gasteiger partial charge is 0.421 e. The van der Waals surface area contributed by atoms with E-state index in [1.807, 2.05) is 48.5 Å². The molecule has 5 N–H and O–H groups in total. The van der Waals surface area contributed by atoms with Gasteiger partial charge in [-0.1, -0.05) is 48.5 Å². The normalized spacial score (nSPS) is 14.2. The van der Waals surface area contributed by atoms with Gasteiger partial charge in [0.1, 0.15) is 19.4 Å². The predicted molar refractivity (Wildman–Crippen MR) is 124 cm³/mol. The number of carboxylic acid groups (broad SMARTS) is 1. The number of hydrazine groups is 1. The molecule has 0 fully saturated rings. The second-order valence-electron chi connectivity index (χ2n) is 8.10. The standard InChI is InChI=1S/C25H26N4O5/c26-22(13-16-9-11-27-12-10-16)24(32)29(14-23(30)31)28-25(33)34-15-21-19-7-3-1-5-17(19)18-6-2-4-8-20(18)21/h1-12,21-22,24,32H,13-15,26H2,(H,28,33)(H,30,31)/t22-,24?/m0/s1. The first-order valence-corrected chi connectivity index (χ1v) is 10.9. The lowest BCUT2D eigenvalue weighted by Gasteiger charge is -2.30. The Hall–Kier alpha value is -3.79. The number of pyridine rings is 1. The van der Waals surface area contributed by atoms with E-state index in [0.29, 0.717) is 0 Å². The summed E-state index contributed by atoms with van der Waals surface area (Å²) in [5.41, 5.74) is 13.5. The van der Waals surface area contributed by atoms with Gasteiger partial charge in [0, 0.05) is 24.4 Å². The van der Waals surface area contributed by atoms with Crippen molar-refractivity contribution in [3.63, 3.8) is 0 Å². The van der Waals surface area contributed by atoms with Gasteiger partial charge in [0.2, 0.25) is 0 Å². The maximum absolute atomic E-state index is 12.6. The highest BCUT2D eigenvalue weighted by Gasteiger charge is 2.30. The van der Waals surface area contributed by atoms with Crippen molar-refractivity contribution in [2.75, 3.05) is 13.2 Å². The molecule has 3 aromatic rings. The second kappa shape index (κ2) is 10.4. The molecule has 0 bridgehead atoms. The summed E-state index contributed by atoms with van der Waals surface area (Å²) in [6, 6.07) is 18.5. The fraction of sp³-hybridized carbons (Fsp3) is 0.240. The summed E-state index contributed by atoms with van der Waals surface area (Å²) in [5, 5.41) is 20.7. The third-order valence-electron chi connectivity index (χ3n) is 5.81. The number of benzene rings is 2. The average Bonchev–Trinajstić information content (AvgIpc) is 3.16. The van der Waals surface area contributed by atoms with Gasteiger partial charge >= 0.3 is 12.1 Å². The molecule has 1 aromatic heterocycles. The fourth-order valence-corrected chi connectivity index (χ4v) is 4.22. The van der Waals surface area contributed by atoms with Crippen molar-refractivity contribution in [1.29, 1.82) is 0 Å². The first kappa shape index (κ1) is 23.4. The van der Waals surface area contributed by atoms with Crippen molar-refractivity contribution in [3.8, 4) is 11.1 Å². The summed E-state index contributed by atoms with van der Waals surface area (Å²) in [5.74, 6) is -1.39. The Morgan fingerprint density at radius 2 is 1.62 bits per heavy atom. The molecule has 0 radical (unpaired) electrons. The Balaban J connectivity index is 1.41. The number of aliphatic hydroxyl groups is 1. The lowest BCUT2D eigenvalue weighted by atomic mass is 9.98. The van der Waals surface area contributed by atoms with E-state index in [9.17, 15) is 19.8 Å². The van der Waals surface area contributed by atoms with Gasteiger partial charge in [-0.15, -0.1) is 0 Å². The van der Waals surface area contributed by atoms with Crippen LogP contribution in [-0.2, 0) is 16.0 Å². The molecular formula is C25H26N4O5. The van der Waals surface area contributed by atoms with Crippen molar-refractivity contribution < 1.29 is 24.5 Å². The van der Waals surface area contributed by atoms with Gasteiger partial charge in [-0.05, 0) is 46.4 Å². The Bertz CT molecular complexity index is 1110. The largest absolute Gasteiger partial charge is 0.480 e. The van der Waals surface area contributed by atoms with E-state index in [1.54, 1.807) is 24.5 Å². The number of aromatic nitrogens is 1. The molecule has 176 valence electrons. The van der Waals surface area contributed by atoms with Crippen LogP contribution in [0.25, 0.3) is 11.1 Å². The predicted octanol–water partition coefficient (Wildman–Crippen LogP) is 2.11. The maximum atomic E-state index is 12.6. The van der Waals surface area contributed by atoms with Gasteiger partial charge in [0.05, 0.1) is 0 Å². The van der Waals surface area contributed by atoms with Gasteiger partial charge in [-0.2, -0.15) is 5.01 Å². The molecule has 0 saturated heterocycles. The van der Waals surface area contributed by atoms with Gasteiger partial charge in [-0.3, -0.25) is 15.2 Å². The summed E-state index contributed by atoms with van der Waals surface area (Å²) in [7, 11) is 0. The van der Waals surface area contributed by atoms with Crippen LogP contribution in [0.4, 0.5) is 4.79 Å². The molecule has 1 unspecified atom stereocenters. The lowest BCUT2D eigenvalue weighted by Crippen LogP contribution is -2.57. The number of aliphatic carboxylic acids is 1. The summed E-state index contributed by atoms with van der Waals surface area (Å²) in [6.07, 6.45) is 1.12. The monoisotopic (exact) mass is 462 g/mol. The highest BCUT2D eigenvalue weighted by molar-refractivity contribution is 5.79. The minimum absolute atomic E-state index is 0.0555. The number of carbonyl (C=O) groups is 2. The molecule has 2 atom stereocenters. The molecule has 4 rings (SSSR count). The molecule has 9 nitrogen and oxygen atoms in total. The zero-order valence-corrected chi connectivity index (χ0v) is 18.4. The van der Waals surface area contributed by atoms with Crippen LogP contribution >= 0.6 is 0 Å². The molecule has 9 heteroatoms. The number of rotatable bonds is 9. The highest BCUT2D eigenvalue weighted by Crippen LogP contribution is 2.44. The number of aliphatic hydroxyl groups excluding tert-OH is 1. The van der Waals surface area contributed by atoms with Gasteiger partial charge < -0.3 is 20.7 Å². The fourth-order valence-electron chi connectivity index (χ4n) is 4.22. The minimum atomic E-state index is -1.45. The van der Waals surface area contributed by atoms with E-state index in [2.05, 4.69) is 10.4 Å². The quantitative estimate of drug-likeness (QED) is 0.280. The number of nitrogens with one attached hydrogen (secondary N) is 1. The molecule has 2 aromatic carbocycles. The summed E-state index contributed by atoms with van der Waals surface area (Å²) < 4.78 is 5.46. The SMILES string of the molecule is N[C@@H](Cc1ccncc1)C(O)N(CC(=O)O)NC(=O)OCC1c2ccccc2-c2ccccc21. The average molecular weight is 463 g/mol. The van der Waals surface area contributed by atoms with E-state index < -0.39 is 30.9 Å². The lowest BCUT2D eigenvalue weighted by molar-refractivity contribution is -0.144. The zero-order chi connectivity index (χ0) is 24.1. The van der Waals surface area contributed by atoms with Crippen molar-refractivity contribution >= 4 is 12.1 Å². The van der Waals surface area contributed by atoms with Crippen LogP contribution in [0.2, 0.25) is 0 Å². The summed E-state index contributed by atoms with van der Waals surface area (Å²) in [6.45, 7) is -0.602. The number of amides is 1. The van der Waals surface area contributed by atoms with Crippen LogP contribution in [0.5, 0.6) is 0 Å². The first-order chi connectivity index (χ1) is 16.4. The number of carboxylic acids is 1. The maximum Gasteiger partial charge on any atom is 0.421 e. The Morgan fingerprint density at radius 3 is 2.21 bits per heavy atom. The number of hydrogen-bond acceptors (Lipinski definition) is 7. The number of ether oxygens (including phenoxy) is 1. The third-order valence-corrected chi connectivity index (χ3v) is 5.81.